The molecular weight excluding hydrogens is 296 g/mol. The lowest BCUT2D eigenvalue weighted by Crippen LogP contribution is -2.36. The molecule has 0 aliphatic heterocycles. The number of pyridine rings is 1. The summed E-state index contributed by atoms with van der Waals surface area (Å²) in [4.78, 5) is 36.4. The first-order valence-corrected chi connectivity index (χ1v) is 6.15. The number of carboxylic acid groups (broad SMARTS) is 1. The maximum absolute atomic E-state index is 11.5. The predicted octanol–water partition coefficient (Wildman–Crippen LogP) is 1.85. The topological polar surface area (TPSA) is 144 Å². The van der Waals surface area contributed by atoms with Gasteiger partial charge in [-0.1, -0.05) is 0 Å². The van der Waals surface area contributed by atoms with Crippen LogP contribution >= 0.6 is 0 Å². The summed E-state index contributed by atoms with van der Waals surface area (Å²) in [6, 6.07) is 0.865. The van der Waals surface area contributed by atoms with Crippen molar-refractivity contribution in [2.24, 2.45) is 0 Å². The second-order valence-electron chi connectivity index (χ2n) is 5.30. The Balaban J connectivity index is 3.00. The minimum Gasteiger partial charge on any atom is -0.478 e. The Bertz CT molecular complexity index is 623. The van der Waals surface area contributed by atoms with Crippen LogP contribution < -0.4 is 10.9 Å². The number of aryl methyl sites for hydroxylation is 1. The summed E-state index contributed by atoms with van der Waals surface area (Å²) in [5.41, 5.74) is 2.79. The van der Waals surface area contributed by atoms with Crippen molar-refractivity contribution in [3.8, 4) is 0 Å². The van der Waals surface area contributed by atoms with E-state index in [4.69, 9.17) is 9.84 Å². The van der Waals surface area contributed by atoms with Crippen molar-refractivity contribution < 1.29 is 24.4 Å². The molecule has 10 nitrogen and oxygen atoms in total. The molecule has 0 spiro atoms. The molecule has 0 unspecified atom stereocenters. The quantitative estimate of drug-likeness (QED) is 0.564. The van der Waals surface area contributed by atoms with Crippen LogP contribution in [-0.2, 0) is 4.74 Å². The molecule has 0 saturated heterocycles. The number of nitro groups is 1. The molecule has 0 fully saturated rings. The molecule has 0 saturated carbocycles. The van der Waals surface area contributed by atoms with E-state index in [0.29, 0.717) is 0 Å². The van der Waals surface area contributed by atoms with Crippen molar-refractivity contribution in [3.63, 3.8) is 0 Å². The van der Waals surface area contributed by atoms with Crippen LogP contribution in [0.5, 0.6) is 0 Å². The zero-order valence-electron chi connectivity index (χ0n) is 12.5. The van der Waals surface area contributed by atoms with Crippen molar-refractivity contribution in [3.05, 3.63) is 27.4 Å². The van der Waals surface area contributed by atoms with E-state index < -0.39 is 28.3 Å². The second-order valence-corrected chi connectivity index (χ2v) is 5.30. The number of nitrogens with zero attached hydrogens (tertiary/aromatic N) is 2. The molecule has 1 aromatic rings. The number of aromatic nitrogens is 1. The lowest BCUT2D eigenvalue weighted by atomic mass is 10.2. The highest BCUT2D eigenvalue weighted by atomic mass is 16.6. The number of amides is 1. The van der Waals surface area contributed by atoms with Crippen LogP contribution in [0.15, 0.2) is 6.07 Å². The zero-order valence-corrected chi connectivity index (χ0v) is 12.5. The summed E-state index contributed by atoms with van der Waals surface area (Å²) in [7, 11) is 0. The number of anilines is 1. The Morgan fingerprint density at radius 2 is 2.00 bits per heavy atom. The van der Waals surface area contributed by atoms with Gasteiger partial charge in [0.2, 0.25) is 5.82 Å². The van der Waals surface area contributed by atoms with E-state index in [0.717, 1.165) is 6.07 Å². The number of aromatic carboxylic acids is 1. The Hall–Kier alpha value is -2.91. The molecule has 0 bridgehead atoms. The van der Waals surface area contributed by atoms with Gasteiger partial charge in [0.1, 0.15) is 5.60 Å². The van der Waals surface area contributed by atoms with E-state index in [1.165, 1.54) is 6.92 Å². The van der Waals surface area contributed by atoms with Gasteiger partial charge in [-0.2, -0.15) is 0 Å². The molecule has 1 rings (SSSR count). The van der Waals surface area contributed by atoms with Crippen LogP contribution in [0.1, 0.15) is 36.8 Å². The third-order valence-electron chi connectivity index (χ3n) is 2.30. The molecule has 1 heterocycles. The molecule has 0 aromatic carbocycles. The fourth-order valence-corrected chi connectivity index (χ4v) is 1.46. The zero-order chi connectivity index (χ0) is 17.1. The van der Waals surface area contributed by atoms with Gasteiger partial charge in [-0.15, -0.1) is 0 Å². The first-order valence-electron chi connectivity index (χ1n) is 6.15. The number of carbonyl (C=O) groups excluding carboxylic acids is 1. The summed E-state index contributed by atoms with van der Waals surface area (Å²) in [6.45, 7) is 6.34. The Labute approximate surface area is 125 Å². The second kappa shape index (κ2) is 6.24. The summed E-state index contributed by atoms with van der Waals surface area (Å²) in [5.74, 6) is -1.63. The minimum absolute atomic E-state index is 0.0617. The molecule has 3 N–H and O–H groups in total. The highest BCUT2D eigenvalue weighted by Gasteiger charge is 2.23. The fraction of sp³-hybridized carbons (Fsp3) is 0.417. The van der Waals surface area contributed by atoms with E-state index in [2.05, 4.69) is 15.8 Å². The lowest BCUT2D eigenvalue weighted by molar-refractivity contribution is -0.384. The minimum atomic E-state index is -1.33. The fourth-order valence-electron chi connectivity index (χ4n) is 1.46. The van der Waals surface area contributed by atoms with E-state index in [9.17, 15) is 19.7 Å². The van der Waals surface area contributed by atoms with Gasteiger partial charge in [0, 0.05) is 6.07 Å². The van der Waals surface area contributed by atoms with Crippen LogP contribution in [-0.4, -0.2) is 32.7 Å². The summed E-state index contributed by atoms with van der Waals surface area (Å²) in [5, 5.41) is 19.9. The number of rotatable bonds is 4. The van der Waals surface area contributed by atoms with Gasteiger partial charge >= 0.3 is 17.7 Å². The third kappa shape index (κ3) is 4.58. The van der Waals surface area contributed by atoms with Crippen molar-refractivity contribution in [1.82, 2.24) is 10.4 Å². The third-order valence-corrected chi connectivity index (χ3v) is 2.30. The van der Waals surface area contributed by atoms with Gasteiger partial charge in [-0.05, 0) is 27.7 Å². The van der Waals surface area contributed by atoms with Crippen LogP contribution in [0.25, 0.3) is 0 Å². The van der Waals surface area contributed by atoms with Crippen LogP contribution in [0, 0.1) is 17.0 Å². The molecule has 0 aliphatic rings. The van der Waals surface area contributed by atoms with E-state index in [-0.39, 0.29) is 17.1 Å². The predicted molar refractivity (Wildman–Crippen MR) is 75.6 cm³/mol. The van der Waals surface area contributed by atoms with Gasteiger partial charge in [0.15, 0.2) is 0 Å². The number of hydrogen-bond donors (Lipinski definition) is 3. The molecule has 22 heavy (non-hydrogen) atoms. The van der Waals surface area contributed by atoms with Gasteiger partial charge < -0.3 is 9.84 Å². The molecule has 1 aromatic heterocycles. The molecule has 1 amide bonds. The molecule has 0 radical (unpaired) electrons. The SMILES string of the molecule is Cc1nc(NNC(=O)OC(C)(C)C)c([N+](=O)[O-])cc1C(=O)O. The monoisotopic (exact) mass is 312 g/mol. The van der Waals surface area contributed by atoms with Crippen molar-refractivity contribution >= 4 is 23.6 Å². The normalized spacial score (nSPS) is 10.7. The van der Waals surface area contributed by atoms with Crippen molar-refractivity contribution in [2.75, 3.05) is 5.43 Å². The highest BCUT2D eigenvalue weighted by Crippen LogP contribution is 2.24. The number of carboxylic acids is 1. The maximum Gasteiger partial charge on any atom is 0.426 e. The largest absolute Gasteiger partial charge is 0.478 e. The van der Waals surface area contributed by atoms with Crippen LogP contribution in [0.4, 0.5) is 16.3 Å². The van der Waals surface area contributed by atoms with E-state index in [1.54, 1.807) is 20.8 Å². The van der Waals surface area contributed by atoms with Crippen molar-refractivity contribution in [2.45, 2.75) is 33.3 Å². The van der Waals surface area contributed by atoms with E-state index in [1.807, 2.05) is 0 Å². The van der Waals surface area contributed by atoms with Gasteiger partial charge in [0.25, 0.3) is 0 Å². The molecular formula is C12H16N4O6. The number of carbonyl (C=O) groups is 2. The number of ether oxygens (including phenoxy) is 1. The lowest BCUT2D eigenvalue weighted by Gasteiger charge is -2.20. The molecule has 120 valence electrons. The Kier molecular flexibility index (Phi) is 4.87. The Morgan fingerprint density at radius 3 is 2.45 bits per heavy atom. The number of nitrogens with one attached hydrogen (secondary N) is 2. The number of hydrogen-bond acceptors (Lipinski definition) is 7. The average molecular weight is 312 g/mol. The standard InChI is InChI=1S/C12H16N4O6/c1-6-7(10(17)18)5-8(16(20)21)9(13-6)14-15-11(19)22-12(2,3)4/h5H,1-4H3,(H,13,14)(H,15,19)(H,17,18). The van der Waals surface area contributed by atoms with Crippen LogP contribution in [0.3, 0.4) is 0 Å². The van der Waals surface area contributed by atoms with Crippen molar-refractivity contribution in [1.29, 1.82) is 0 Å². The van der Waals surface area contributed by atoms with Gasteiger partial charge in [-0.25, -0.2) is 20.0 Å². The first-order chi connectivity index (χ1) is 10.0. The maximum atomic E-state index is 11.5. The van der Waals surface area contributed by atoms with Gasteiger partial charge in [0.05, 0.1) is 16.2 Å². The summed E-state index contributed by atoms with van der Waals surface area (Å²) >= 11 is 0. The van der Waals surface area contributed by atoms with Gasteiger partial charge in [-0.3, -0.25) is 15.5 Å². The summed E-state index contributed by atoms with van der Waals surface area (Å²) in [6.07, 6.45) is -0.858. The first kappa shape index (κ1) is 17.1. The van der Waals surface area contributed by atoms with Crippen LogP contribution in [0.2, 0.25) is 0 Å². The molecule has 0 aliphatic carbocycles. The highest BCUT2D eigenvalue weighted by molar-refractivity contribution is 5.90. The van der Waals surface area contributed by atoms with E-state index >= 15 is 0 Å². The molecule has 0 atom stereocenters. The molecule has 10 heteroatoms. The smallest absolute Gasteiger partial charge is 0.426 e. The summed E-state index contributed by atoms with van der Waals surface area (Å²) < 4.78 is 4.95. The average Bonchev–Trinajstić information content (AvgIpc) is 2.33. The Morgan fingerprint density at radius 1 is 1.41 bits per heavy atom. The number of hydrazine groups is 1.